The number of aromatic nitrogens is 4. The molecule has 4 aromatic rings. The van der Waals surface area contributed by atoms with Crippen LogP contribution < -0.4 is 10.7 Å². The van der Waals surface area contributed by atoms with Crippen molar-refractivity contribution >= 4 is 34.2 Å². The predicted molar refractivity (Wildman–Crippen MR) is 112 cm³/mol. The highest BCUT2D eigenvalue weighted by Gasteiger charge is 2.22. The van der Waals surface area contributed by atoms with Gasteiger partial charge in [0, 0.05) is 16.9 Å². The lowest BCUT2D eigenvalue weighted by atomic mass is 10.1. The second-order valence-corrected chi connectivity index (χ2v) is 7.18. The molecule has 1 aromatic carbocycles. The number of pyridine rings is 2. The van der Waals surface area contributed by atoms with Crippen molar-refractivity contribution in [2.75, 3.05) is 5.32 Å². The molecule has 0 aliphatic heterocycles. The number of amides is 1. The third kappa shape index (κ3) is 3.75. The highest BCUT2D eigenvalue weighted by Crippen LogP contribution is 2.22. The van der Waals surface area contributed by atoms with Gasteiger partial charge in [0.1, 0.15) is 17.0 Å². The van der Waals surface area contributed by atoms with Gasteiger partial charge in [0.2, 0.25) is 11.4 Å². The number of carbonyl (C=O) groups excluding carboxylic acids is 1. The molecule has 7 nitrogen and oxygen atoms in total. The normalized spacial score (nSPS) is 11.0. The fourth-order valence-electron chi connectivity index (χ4n) is 2.98. The average molecular weight is 442 g/mol. The van der Waals surface area contributed by atoms with Crippen LogP contribution in [0.2, 0.25) is 5.02 Å². The van der Waals surface area contributed by atoms with Gasteiger partial charge >= 0.3 is 0 Å². The summed E-state index contributed by atoms with van der Waals surface area (Å²) in [6.45, 7) is 3.48. The lowest BCUT2D eigenvalue weighted by Crippen LogP contribution is -2.28. The summed E-state index contributed by atoms with van der Waals surface area (Å²) < 4.78 is 29.6. The van der Waals surface area contributed by atoms with Crippen LogP contribution >= 0.6 is 11.6 Å². The fraction of sp³-hybridized carbons (Fsp3) is 0.0952. The summed E-state index contributed by atoms with van der Waals surface area (Å²) in [5.41, 5.74) is -0.198. The number of rotatable bonds is 3. The molecule has 3 heterocycles. The molecule has 0 atom stereocenters. The minimum atomic E-state index is -0.984. The second kappa shape index (κ2) is 7.84. The van der Waals surface area contributed by atoms with E-state index in [1.807, 2.05) is 0 Å². The van der Waals surface area contributed by atoms with Crippen LogP contribution in [0.1, 0.15) is 21.7 Å². The minimum Gasteiger partial charge on any atom is -0.317 e. The van der Waals surface area contributed by atoms with Crippen LogP contribution in [-0.2, 0) is 0 Å². The highest BCUT2D eigenvalue weighted by molar-refractivity contribution is 6.30. The Balaban J connectivity index is 1.97. The molecule has 0 aliphatic rings. The number of carbonyl (C=O) groups is 1. The maximum atomic E-state index is 14.7. The molecule has 10 heteroatoms. The van der Waals surface area contributed by atoms with Gasteiger partial charge in [-0.15, -0.1) is 0 Å². The monoisotopic (exact) mass is 441 g/mol. The van der Waals surface area contributed by atoms with Gasteiger partial charge in [0.05, 0.1) is 11.2 Å². The van der Waals surface area contributed by atoms with Crippen LogP contribution in [0.15, 0.2) is 47.4 Å². The highest BCUT2D eigenvalue weighted by atomic mass is 35.5. The summed E-state index contributed by atoms with van der Waals surface area (Å²) in [6, 6.07) is 8.23. The maximum absolute atomic E-state index is 14.7. The number of nitrogens with one attached hydrogen (secondary N) is 1. The van der Waals surface area contributed by atoms with Crippen LogP contribution in [0.25, 0.3) is 16.7 Å². The van der Waals surface area contributed by atoms with E-state index in [4.69, 9.17) is 11.6 Å². The van der Waals surface area contributed by atoms with Gasteiger partial charge in [-0.05, 0) is 55.8 Å². The molecule has 0 spiro atoms. The van der Waals surface area contributed by atoms with Crippen molar-refractivity contribution in [2.45, 2.75) is 13.8 Å². The molecular weight excluding hydrogens is 428 g/mol. The molecule has 3 aromatic heterocycles. The van der Waals surface area contributed by atoms with Gasteiger partial charge in [-0.2, -0.15) is 9.49 Å². The Kier molecular flexibility index (Phi) is 5.20. The van der Waals surface area contributed by atoms with E-state index in [-0.39, 0.29) is 27.4 Å². The number of nitrogens with zero attached hydrogens (tertiary/aromatic N) is 4. The van der Waals surface area contributed by atoms with Gasteiger partial charge in [-0.3, -0.25) is 9.59 Å². The van der Waals surface area contributed by atoms with Crippen molar-refractivity contribution in [3.8, 4) is 5.69 Å². The topological polar surface area (TPSA) is 89.8 Å². The van der Waals surface area contributed by atoms with E-state index in [0.29, 0.717) is 5.69 Å². The fourth-order valence-corrected chi connectivity index (χ4v) is 3.14. The van der Waals surface area contributed by atoms with Crippen molar-refractivity contribution in [3.63, 3.8) is 0 Å². The van der Waals surface area contributed by atoms with Crippen molar-refractivity contribution in [1.29, 1.82) is 0 Å². The molecule has 156 valence electrons. The molecule has 0 saturated carbocycles. The molecule has 0 aliphatic carbocycles. The van der Waals surface area contributed by atoms with E-state index >= 15 is 0 Å². The number of anilines is 1. The summed E-state index contributed by atoms with van der Waals surface area (Å²) in [5, 5.41) is 6.52. The largest absolute Gasteiger partial charge is 0.317 e. The lowest BCUT2D eigenvalue weighted by Gasteiger charge is -2.14. The van der Waals surface area contributed by atoms with Crippen LogP contribution in [0.3, 0.4) is 0 Å². The molecule has 0 bridgehead atoms. The number of aryl methyl sites for hydroxylation is 2. The molecule has 0 unspecified atom stereocenters. The molecule has 31 heavy (non-hydrogen) atoms. The summed E-state index contributed by atoms with van der Waals surface area (Å²) in [6.07, 6.45) is 1.21. The number of fused-ring (bicyclic) bond motifs is 1. The summed E-state index contributed by atoms with van der Waals surface area (Å²) in [5.74, 6) is -2.62. The van der Waals surface area contributed by atoms with Gasteiger partial charge < -0.3 is 5.32 Å². The molecule has 0 radical (unpaired) electrons. The van der Waals surface area contributed by atoms with Crippen LogP contribution in [0.5, 0.6) is 0 Å². The first kappa shape index (κ1) is 20.5. The van der Waals surface area contributed by atoms with Crippen molar-refractivity contribution in [2.24, 2.45) is 0 Å². The average Bonchev–Trinajstić information content (AvgIpc) is 2.72. The summed E-state index contributed by atoms with van der Waals surface area (Å²) in [4.78, 5) is 33.5. The van der Waals surface area contributed by atoms with Crippen LogP contribution in [0.4, 0.5) is 14.5 Å². The Bertz CT molecular complexity index is 1420. The Labute approximate surface area is 179 Å². The van der Waals surface area contributed by atoms with Gasteiger partial charge in [0.15, 0.2) is 5.69 Å². The van der Waals surface area contributed by atoms with E-state index in [1.54, 1.807) is 19.9 Å². The van der Waals surface area contributed by atoms with Gasteiger partial charge in [-0.1, -0.05) is 11.6 Å². The van der Waals surface area contributed by atoms with Crippen molar-refractivity contribution in [3.05, 3.63) is 86.6 Å². The first-order valence-corrected chi connectivity index (χ1v) is 9.42. The Hall–Kier alpha value is -3.72. The molecule has 4 rings (SSSR count). The zero-order valence-electron chi connectivity index (χ0n) is 16.3. The zero-order valence-corrected chi connectivity index (χ0v) is 17.0. The first-order chi connectivity index (χ1) is 14.8. The molecule has 1 N–H and O–H groups in total. The smallest absolute Gasteiger partial charge is 0.280 e. The third-order valence-corrected chi connectivity index (χ3v) is 4.90. The van der Waals surface area contributed by atoms with E-state index in [0.717, 1.165) is 16.3 Å². The van der Waals surface area contributed by atoms with E-state index in [2.05, 4.69) is 20.4 Å². The number of hydrogen-bond donors (Lipinski definition) is 1. The summed E-state index contributed by atoms with van der Waals surface area (Å²) >= 11 is 5.84. The number of benzene rings is 1. The predicted octanol–water partition coefficient (Wildman–Crippen LogP) is 3.98. The first-order valence-electron chi connectivity index (χ1n) is 9.05. The molecule has 1 amide bonds. The quantitative estimate of drug-likeness (QED) is 0.486. The Morgan fingerprint density at radius 2 is 1.94 bits per heavy atom. The van der Waals surface area contributed by atoms with Crippen molar-refractivity contribution < 1.29 is 13.6 Å². The van der Waals surface area contributed by atoms with Gasteiger partial charge in [-0.25, -0.2) is 19.0 Å². The van der Waals surface area contributed by atoms with Crippen LogP contribution in [-0.4, -0.2) is 25.7 Å². The lowest BCUT2D eigenvalue weighted by molar-refractivity contribution is 0.101. The van der Waals surface area contributed by atoms with E-state index in [9.17, 15) is 18.4 Å². The standard InChI is InChI=1S/C21H14ClF2N5O2/c1-10-8-16-17(26-11(10)2)19(30)18(21(31)27-14-4-3-7-25-20(14)24)28-29(16)15-6-5-12(22)9-13(15)23/h3-9H,1-2H3,(H,27,31). The molecule has 0 fully saturated rings. The summed E-state index contributed by atoms with van der Waals surface area (Å²) in [7, 11) is 0. The Morgan fingerprint density at radius 3 is 2.65 bits per heavy atom. The van der Waals surface area contributed by atoms with Crippen LogP contribution in [0, 0.1) is 25.6 Å². The Morgan fingerprint density at radius 1 is 1.16 bits per heavy atom. The number of hydrogen-bond acceptors (Lipinski definition) is 5. The minimum absolute atomic E-state index is 0.0407. The third-order valence-electron chi connectivity index (χ3n) is 4.66. The maximum Gasteiger partial charge on any atom is 0.280 e. The zero-order chi connectivity index (χ0) is 22.3. The number of halogens is 3. The van der Waals surface area contributed by atoms with E-state index < -0.39 is 28.8 Å². The molecule has 0 saturated heterocycles. The second-order valence-electron chi connectivity index (χ2n) is 6.74. The SMILES string of the molecule is Cc1cc2c(nc1C)c(=O)c(C(=O)Nc1cccnc1F)nn2-c1ccc(Cl)cc1F. The van der Waals surface area contributed by atoms with Crippen molar-refractivity contribution in [1.82, 2.24) is 19.7 Å². The van der Waals surface area contributed by atoms with E-state index in [1.165, 1.54) is 30.5 Å². The molecular formula is C21H14ClF2N5O2. The van der Waals surface area contributed by atoms with Gasteiger partial charge in [0.25, 0.3) is 5.91 Å².